The van der Waals surface area contributed by atoms with Gasteiger partial charge in [0.2, 0.25) is 5.78 Å². The summed E-state index contributed by atoms with van der Waals surface area (Å²) in [5.41, 5.74) is 3.69. The minimum Gasteiger partial charge on any atom is -0.511 e. The van der Waals surface area contributed by atoms with Gasteiger partial charge in [-0.25, -0.2) is 0 Å². The molecule has 3 atom stereocenters. The van der Waals surface area contributed by atoms with E-state index >= 15 is 0 Å². The van der Waals surface area contributed by atoms with Gasteiger partial charge in [0.1, 0.15) is 22.8 Å². The largest absolute Gasteiger partial charge is 0.511 e. The number of fused-ring (bicyclic) bond motifs is 3. The van der Waals surface area contributed by atoms with E-state index in [0.717, 1.165) is 0 Å². The Kier molecular flexibility index (Phi) is 5.68. The molecule has 0 saturated carbocycles. The fourth-order valence-electron chi connectivity index (χ4n) is 5.97. The molecule has 0 heterocycles. The fraction of sp³-hybridized carbons (Fsp3) is 0.286. The van der Waals surface area contributed by atoms with Crippen molar-refractivity contribution in [3.63, 3.8) is 0 Å². The van der Waals surface area contributed by atoms with E-state index in [9.17, 15) is 39.6 Å². The highest BCUT2D eigenvalue weighted by Gasteiger charge is 2.59. The van der Waals surface area contributed by atoms with E-state index in [0.29, 0.717) is 22.3 Å². The van der Waals surface area contributed by atoms with Gasteiger partial charge >= 0.3 is 0 Å². The second kappa shape index (κ2) is 8.56. The Bertz CT molecular complexity index is 1520. The summed E-state index contributed by atoms with van der Waals surface area (Å²) < 4.78 is 0. The molecule has 3 aliphatic carbocycles. The van der Waals surface area contributed by atoms with Crippen LogP contribution in [0.2, 0.25) is 0 Å². The molecule has 0 unspecified atom stereocenters. The third kappa shape index (κ3) is 3.44. The smallest absolute Gasteiger partial charge is 0.255 e. The van der Waals surface area contributed by atoms with Crippen molar-refractivity contribution in [2.75, 3.05) is 14.1 Å². The molecule has 5 rings (SSSR count). The zero-order valence-electron chi connectivity index (χ0n) is 20.7. The lowest BCUT2D eigenvalue weighted by Gasteiger charge is -2.45. The molecule has 0 saturated heterocycles. The van der Waals surface area contributed by atoms with E-state index in [2.05, 4.69) is 0 Å². The minimum atomic E-state index is -2.61. The number of aliphatic hydroxyl groups excluding tert-OH is 2. The lowest BCUT2D eigenvalue weighted by Crippen LogP contribution is -2.57. The second-order valence-corrected chi connectivity index (χ2v) is 10.2. The van der Waals surface area contributed by atoms with Crippen LogP contribution in [0.4, 0.5) is 0 Å². The van der Waals surface area contributed by atoms with Gasteiger partial charge in [0, 0.05) is 37.6 Å². The van der Waals surface area contributed by atoms with Crippen LogP contribution in [0.25, 0.3) is 11.1 Å². The number of hydrogen-bond donors (Lipinski definition) is 5. The summed E-state index contributed by atoms with van der Waals surface area (Å²) in [6, 6.07) is 9.84. The number of phenols is 1. The average molecular weight is 519 g/mol. The van der Waals surface area contributed by atoms with Crippen LogP contribution in [0.1, 0.15) is 39.1 Å². The summed E-state index contributed by atoms with van der Waals surface area (Å²) in [6.45, 7) is 0. The number of rotatable bonds is 3. The first-order chi connectivity index (χ1) is 17.9. The molecule has 0 aliphatic heterocycles. The van der Waals surface area contributed by atoms with Crippen LogP contribution in [0, 0.1) is 11.8 Å². The van der Waals surface area contributed by atoms with Crippen LogP contribution < -0.4 is 5.73 Å². The average Bonchev–Trinajstić information content (AvgIpc) is 2.85. The van der Waals surface area contributed by atoms with Crippen molar-refractivity contribution >= 4 is 23.4 Å². The summed E-state index contributed by atoms with van der Waals surface area (Å²) in [4.78, 5) is 52.5. The van der Waals surface area contributed by atoms with E-state index in [4.69, 9.17) is 5.73 Å². The molecule has 0 aromatic heterocycles. The predicted molar refractivity (Wildman–Crippen MR) is 134 cm³/mol. The van der Waals surface area contributed by atoms with Gasteiger partial charge in [0.15, 0.2) is 11.4 Å². The number of aromatic hydroxyl groups is 1. The highest BCUT2D eigenvalue weighted by molar-refractivity contribution is 6.24. The van der Waals surface area contributed by atoms with Crippen LogP contribution in [-0.2, 0) is 16.0 Å². The third-order valence-electron chi connectivity index (χ3n) is 7.77. The summed E-state index contributed by atoms with van der Waals surface area (Å²) in [6.07, 6.45) is -0.0852. The number of hydrogen-bond acceptors (Lipinski definition) is 8. The molecule has 0 fully saturated rings. The van der Waals surface area contributed by atoms with Gasteiger partial charge in [-0.3, -0.25) is 19.2 Å². The molecule has 2 aromatic carbocycles. The normalized spacial score (nSPS) is 24.5. The molecular weight excluding hydrogens is 492 g/mol. The van der Waals surface area contributed by atoms with E-state index in [1.807, 2.05) is 0 Å². The Hall–Kier alpha value is -4.44. The molecule has 0 radical (unpaired) electrons. The van der Waals surface area contributed by atoms with Gasteiger partial charge in [-0.2, -0.15) is 0 Å². The van der Waals surface area contributed by atoms with Crippen molar-refractivity contribution in [1.82, 2.24) is 4.90 Å². The number of Topliss-reactive ketones (excluding diaryl/α,β-unsaturated/α-hetero) is 2. The Balaban J connectivity index is 1.65. The number of ketones is 2. The Morgan fingerprint density at radius 3 is 2.42 bits per heavy atom. The molecule has 196 valence electrons. The number of aliphatic hydroxyl groups is 3. The van der Waals surface area contributed by atoms with Crippen molar-refractivity contribution in [2.45, 2.75) is 24.9 Å². The lowest BCUT2D eigenvalue weighted by molar-refractivity contribution is -0.144. The van der Waals surface area contributed by atoms with Gasteiger partial charge in [-0.15, -0.1) is 0 Å². The van der Waals surface area contributed by atoms with E-state index < -0.39 is 52.0 Å². The number of primary amides is 1. The van der Waals surface area contributed by atoms with Crippen LogP contribution in [-0.4, -0.2) is 68.4 Å². The summed E-state index contributed by atoms with van der Waals surface area (Å²) >= 11 is 0. The molecule has 3 aliphatic rings. The maximum atomic E-state index is 13.7. The van der Waals surface area contributed by atoms with E-state index in [1.54, 1.807) is 44.4 Å². The number of phenolic OH excluding ortho intramolecular Hbond substituents is 1. The van der Waals surface area contributed by atoms with Gasteiger partial charge in [0.25, 0.3) is 11.8 Å². The second-order valence-electron chi connectivity index (χ2n) is 10.2. The zero-order chi connectivity index (χ0) is 27.7. The van der Waals surface area contributed by atoms with Gasteiger partial charge in [-0.1, -0.05) is 18.2 Å². The molecule has 2 aromatic rings. The predicted octanol–water partition coefficient (Wildman–Crippen LogP) is 1.95. The van der Waals surface area contributed by atoms with Crippen LogP contribution in [0.15, 0.2) is 59.1 Å². The summed E-state index contributed by atoms with van der Waals surface area (Å²) in [5, 5.41) is 43.5. The summed E-state index contributed by atoms with van der Waals surface area (Å²) in [7, 11) is 3.27. The van der Waals surface area contributed by atoms with Gasteiger partial charge in [0.05, 0.1) is 5.56 Å². The SMILES string of the molecule is CN(C)C(=O)c1cccc(-c2ccc(O)c3c2C[C@H]2C[C@H]4CC(O)=C(C(N)=O)C(=O)[C@@]4(O)C(O)=C2C3=O)c1. The Morgan fingerprint density at radius 2 is 1.76 bits per heavy atom. The molecule has 10 heteroatoms. The highest BCUT2D eigenvalue weighted by atomic mass is 16.3. The number of carbonyl (C=O) groups is 4. The standard InChI is InChI=1S/C28H26N2O8/c1-30(2)27(37)13-5-3-4-12(8-13)16-6-7-18(31)21-17(16)10-14-9-15-11-19(32)22(26(29)36)25(35)28(15,38)24(34)20(14)23(21)33/h3-8,14-15,31-32,34,38H,9-11H2,1-2H3,(H2,29,36)/t14-,15+,28+/m1/s1. The Morgan fingerprint density at radius 1 is 1.05 bits per heavy atom. The Labute approximate surface area is 217 Å². The molecular formula is C28H26N2O8. The monoisotopic (exact) mass is 518 g/mol. The number of nitrogens with two attached hydrogens (primary N) is 1. The fourth-order valence-corrected chi connectivity index (χ4v) is 5.97. The third-order valence-corrected chi connectivity index (χ3v) is 7.77. The molecule has 0 bridgehead atoms. The molecule has 2 amide bonds. The van der Waals surface area contributed by atoms with Crippen LogP contribution in [0.3, 0.4) is 0 Å². The van der Waals surface area contributed by atoms with E-state index in [-0.39, 0.29) is 42.1 Å². The van der Waals surface area contributed by atoms with Crippen molar-refractivity contribution in [3.05, 3.63) is 75.8 Å². The first-order valence-electron chi connectivity index (χ1n) is 12.0. The van der Waals surface area contributed by atoms with Crippen LogP contribution >= 0.6 is 0 Å². The van der Waals surface area contributed by atoms with Crippen molar-refractivity contribution in [2.24, 2.45) is 17.6 Å². The maximum absolute atomic E-state index is 13.7. The first-order valence-corrected chi connectivity index (χ1v) is 12.0. The first kappa shape index (κ1) is 25.2. The van der Waals surface area contributed by atoms with Crippen molar-refractivity contribution in [3.8, 4) is 16.9 Å². The molecule has 0 spiro atoms. The van der Waals surface area contributed by atoms with E-state index in [1.165, 1.54) is 11.0 Å². The number of benzene rings is 2. The highest BCUT2D eigenvalue weighted by Crippen LogP contribution is 2.52. The van der Waals surface area contributed by atoms with Gasteiger partial charge in [-0.05, 0) is 53.6 Å². The molecule has 6 N–H and O–H groups in total. The number of carbonyl (C=O) groups excluding carboxylic acids is 4. The maximum Gasteiger partial charge on any atom is 0.255 e. The zero-order valence-corrected chi connectivity index (χ0v) is 20.7. The number of amides is 2. The van der Waals surface area contributed by atoms with Gasteiger partial charge < -0.3 is 31.1 Å². The quantitative estimate of drug-likeness (QED) is 0.383. The number of nitrogens with zero attached hydrogens (tertiary/aromatic N) is 1. The minimum absolute atomic E-state index is 0.0389. The van der Waals surface area contributed by atoms with Crippen molar-refractivity contribution < 1.29 is 39.6 Å². The lowest BCUT2D eigenvalue weighted by atomic mass is 9.60. The molecule has 38 heavy (non-hydrogen) atoms. The van der Waals surface area contributed by atoms with Crippen molar-refractivity contribution in [1.29, 1.82) is 0 Å². The van der Waals surface area contributed by atoms with Crippen LogP contribution in [0.5, 0.6) is 5.75 Å². The summed E-state index contributed by atoms with van der Waals surface area (Å²) in [5.74, 6) is -6.95. The topological polar surface area (TPSA) is 178 Å². The molecule has 10 nitrogen and oxygen atoms in total. The number of allylic oxidation sites excluding steroid dienone is 2.